The van der Waals surface area contributed by atoms with Gasteiger partial charge in [-0.05, 0) is 24.0 Å². The van der Waals surface area contributed by atoms with Crippen molar-refractivity contribution in [3.8, 4) is 11.4 Å². The maximum Gasteiger partial charge on any atom is 0.330 e. The van der Waals surface area contributed by atoms with E-state index in [4.69, 9.17) is 52.8 Å². The normalized spacial score (nSPS) is 13.3. The molecular formula is C43H68N4O14. The number of hydrogen-bond donors (Lipinski definition) is 4. The molecule has 0 radical (unpaired) electrons. The summed E-state index contributed by atoms with van der Waals surface area (Å²) in [5.41, 5.74) is 1.18. The van der Waals surface area contributed by atoms with E-state index in [1.165, 1.54) is 49.2 Å². The zero-order valence-corrected chi connectivity index (χ0v) is 35.8. The number of aromatic nitrogens is 4. The number of carboxylic acids is 1. The average Bonchev–Trinajstić information content (AvgIpc) is 3.70. The molecule has 344 valence electrons. The van der Waals surface area contributed by atoms with Crippen molar-refractivity contribution >= 4 is 23.2 Å². The smallest absolute Gasteiger partial charge is 0.330 e. The van der Waals surface area contributed by atoms with Gasteiger partial charge in [0.25, 0.3) is 5.56 Å². The van der Waals surface area contributed by atoms with Crippen LogP contribution in [-0.4, -0.2) is 162 Å². The number of ether oxygens (including phenoxy) is 9. The highest BCUT2D eigenvalue weighted by molar-refractivity contribution is 5.85. The number of H-pyrrole nitrogens is 2. The number of benzene rings is 1. The number of carboxylic acid groups (broad SMARTS) is 1. The molecule has 3 aromatic rings. The molecule has 0 bridgehead atoms. The summed E-state index contributed by atoms with van der Waals surface area (Å²) in [6.45, 7) is 9.30. The van der Waals surface area contributed by atoms with Crippen molar-refractivity contribution in [1.82, 2.24) is 19.5 Å². The number of aliphatic hydroxyl groups excluding tert-OH is 1. The molecule has 18 nitrogen and oxygen atoms in total. The number of aliphatic carboxylic acids is 1. The van der Waals surface area contributed by atoms with Crippen LogP contribution in [0.1, 0.15) is 56.9 Å². The summed E-state index contributed by atoms with van der Waals surface area (Å²) in [7, 11) is 1.64. The highest BCUT2D eigenvalue weighted by Crippen LogP contribution is 2.27. The minimum atomic E-state index is -1.01. The molecule has 1 aliphatic rings. The van der Waals surface area contributed by atoms with E-state index in [0.29, 0.717) is 125 Å². The van der Waals surface area contributed by atoms with Gasteiger partial charge in [-0.25, -0.2) is 14.6 Å². The minimum Gasteiger partial charge on any atom is -0.478 e. The van der Waals surface area contributed by atoms with Crippen LogP contribution in [0.5, 0.6) is 0 Å². The topological polar surface area (TPSA) is 224 Å². The van der Waals surface area contributed by atoms with Crippen LogP contribution in [0.15, 0.2) is 39.9 Å². The van der Waals surface area contributed by atoms with E-state index in [1.54, 1.807) is 31.4 Å². The number of aromatic amines is 2. The molecule has 0 aliphatic heterocycles. The zero-order valence-electron chi connectivity index (χ0n) is 35.8. The highest BCUT2D eigenvalue weighted by atomic mass is 16.6. The van der Waals surface area contributed by atoms with Crippen LogP contribution in [0.4, 0.5) is 0 Å². The van der Waals surface area contributed by atoms with E-state index in [0.717, 1.165) is 36.0 Å². The summed E-state index contributed by atoms with van der Waals surface area (Å²) in [6.07, 6.45) is 12.2. The second kappa shape index (κ2) is 33.8. The molecule has 0 atom stereocenters. The molecule has 61 heavy (non-hydrogen) atoms. The molecule has 2 heterocycles. The molecule has 2 aromatic heterocycles. The van der Waals surface area contributed by atoms with E-state index >= 15 is 0 Å². The van der Waals surface area contributed by atoms with E-state index in [-0.39, 0.29) is 23.3 Å². The third-order valence-electron chi connectivity index (χ3n) is 9.48. The molecule has 0 unspecified atom stereocenters. The Hall–Kier alpha value is -3.82. The van der Waals surface area contributed by atoms with Gasteiger partial charge in [-0.15, -0.1) is 0 Å². The molecule has 4 N–H and O–H groups in total. The van der Waals surface area contributed by atoms with Gasteiger partial charge in [-0.2, -0.15) is 0 Å². The lowest BCUT2D eigenvalue weighted by Gasteiger charge is -2.21. The average molecular weight is 865 g/mol. The summed E-state index contributed by atoms with van der Waals surface area (Å²) in [4.78, 5) is 46.1. The molecule has 0 spiro atoms. The minimum absolute atomic E-state index is 0.0322. The molecule has 1 saturated carbocycles. The van der Waals surface area contributed by atoms with Crippen molar-refractivity contribution in [3.63, 3.8) is 0 Å². The van der Waals surface area contributed by atoms with Crippen LogP contribution in [0.25, 0.3) is 28.6 Å². The molecule has 1 aliphatic carbocycles. The van der Waals surface area contributed by atoms with Gasteiger partial charge in [-0.3, -0.25) is 14.3 Å². The Balaban J connectivity index is 0.000000328. The third kappa shape index (κ3) is 23.3. The van der Waals surface area contributed by atoms with Gasteiger partial charge in [-0.1, -0.05) is 69.2 Å². The Kier molecular flexibility index (Phi) is 28.5. The van der Waals surface area contributed by atoms with Gasteiger partial charge in [0.1, 0.15) is 11.3 Å². The summed E-state index contributed by atoms with van der Waals surface area (Å²) >= 11 is 0. The van der Waals surface area contributed by atoms with Gasteiger partial charge in [0.2, 0.25) is 0 Å². The predicted molar refractivity (Wildman–Crippen MR) is 229 cm³/mol. The van der Waals surface area contributed by atoms with Gasteiger partial charge in [0.05, 0.1) is 119 Å². The largest absolute Gasteiger partial charge is 0.478 e. The predicted octanol–water partition coefficient (Wildman–Crippen LogP) is 3.69. The second-order valence-electron chi connectivity index (χ2n) is 14.1. The fourth-order valence-corrected chi connectivity index (χ4v) is 6.30. The summed E-state index contributed by atoms with van der Waals surface area (Å²) < 4.78 is 48.7. The molecule has 1 fully saturated rings. The van der Waals surface area contributed by atoms with E-state index in [2.05, 4.69) is 15.0 Å². The second-order valence-corrected chi connectivity index (χ2v) is 14.1. The molecule has 0 saturated heterocycles. The van der Waals surface area contributed by atoms with E-state index < -0.39 is 11.7 Å². The molecule has 4 rings (SSSR count). The van der Waals surface area contributed by atoms with E-state index in [9.17, 15) is 14.4 Å². The van der Waals surface area contributed by atoms with Gasteiger partial charge in [0.15, 0.2) is 5.65 Å². The number of methoxy groups -OCH3 is 1. The molecule has 1 aromatic carbocycles. The number of aliphatic hydroxyl groups is 1. The number of hydrogen-bond acceptors (Lipinski definition) is 14. The van der Waals surface area contributed by atoms with Gasteiger partial charge in [0, 0.05) is 25.3 Å². The molecule has 0 amide bonds. The van der Waals surface area contributed by atoms with Crippen LogP contribution in [0, 0.1) is 5.92 Å². The summed E-state index contributed by atoms with van der Waals surface area (Å²) in [5.74, 6) is 0.250. The number of nitrogens with zero attached hydrogens (tertiary/aromatic N) is 2. The van der Waals surface area contributed by atoms with Crippen LogP contribution < -0.4 is 11.2 Å². The van der Waals surface area contributed by atoms with Crippen LogP contribution in [-0.2, 0) is 54.0 Å². The van der Waals surface area contributed by atoms with Crippen molar-refractivity contribution in [2.24, 2.45) is 5.92 Å². The fourth-order valence-electron chi connectivity index (χ4n) is 6.30. The van der Waals surface area contributed by atoms with Gasteiger partial charge < -0.3 is 57.8 Å². The van der Waals surface area contributed by atoms with Crippen molar-refractivity contribution in [1.29, 1.82) is 0 Å². The molecular weight excluding hydrogens is 796 g/mol. The summed E-state index contributed by atoms with van der Waals surface area (Å²) in [5, 5.41) is 17.3. The summed E-state index contributed by atoms with van der Waals surface area (Å²) in [6, 6.07) is 7.08. The lowest BCUT2D eigenvalue weighted by atomic mass is 9.86. The quantitative estimate of drug-likeness (QED) is 0.0497. The number of fused-ring (bicyclic) bond motifs is 1. The van der Waals surface area contributed by atoms with Gasteiger partial charge >= 0.3 is 11.7 Å². The van der Waals surface area contributed by atoms with Crippen molar-refractivity contribution in [2.45, 2.75) is 57.9 Å². The number of unbranched alkanes of at least 4 members (excludes halogenated alkanes) is 1. The lowest BCUT2D eigenvalue weighted by molar-refractivity contribution is -0.131. The Labute approximate surface area is 357 Å². The first-order chi connectivity index (χ1) is 29.9. The van der Waals surface area contributed by atoms with Crippen molar-refractivity contribution < 1.29 is 57.6 Å². The zero-order chi connectivity index (χ0) is 43.6. The Morgan fingerprint density at radius 1 is 0.705 bits per heavy atom. The van der Waals surface area contributed by atoms with Crippen molar-refractivity contribution in [3.05, 3.63) is 56.7 Å². The maximum atomic E-state index is 12.9. The maximum absolute atomic E-state index is 12.9. The number of rotatable bonds is 34. The van der Waals surface area contributed by atoms with Crippen LogP contribution in [0.3, 0.4) is 0 Å². The number of imidazole rings is 1. The Bertz CT molecular complexity index is 1680. The number of nitrogens with one attached hydrogen (secondary N) is 2. The first kappa shape index (κ1) is 51.5. The molecule has 18 heteroatoms. The lowest BCUT2D eigenvalue weighted by Crippen LogP contribution is -2.35. The third-order valence-corrected chi connectivity index (χ3v) is 9.48. The van der Waals surface area contributed by atoms with E-state index in [1.807, 2.05) is 0 Å². The number of carbonyl (C=O) groups is 1. The Morgan fingerprint density at radius 3 is 1.67 bits per heavy atom. The fraction of sp³-hybridized carbons (Fsp3) is 0.674. The monoisotopic (exact) mass is 864 g/mol. The first-order valence-corrected chi connectivity index (χ1v) is 21.4. The van der Waals surface area contributed by atoms with Crippen LogP contribution >= 0.6 is 0 Å². The van der Waals surface area contributed by atoms with Crippen LogP contribution in [0.2, 0.25) is 0 Å². The Morgan fingerprint density at radius 2 is 1.20 bits per heavy atom. The SMILES string of the molecule is COCCOCCOCCOCCOCCOCCOCCOCCOCCO.O=C(O)/C=C/c1ccc(-c2nc3[nH]c(=O)n(CCCCC4CCCCC4)c(=O)c3[nH]2)cc1. The highest BCUT2D eigenvalue weighted by Gasteiger charge is 2.15. The standard InChI is InChI=1S/C24H28N4O4.C19H40O10/c29-19(30)14-11-17-9-12-18(13-10-17)21-25-20-22(26-21)27-24(32)28(23(20)31)15-5-4-8-16-6-2-1-3-7-16;1-21-4-5-23-8-9-25-12-13-27-16-17-29-19-18-28-15-14-26-11-10-24-7-6-22-3-2-20/h9-14,16H,1-8,15H2,(H,25,26)(H,27,32)(H,29,30);20H,2-19H2,1H3/b14-11+;. The van der Waals surface area contributed by atoms with Crippen molar-refractivity contribution in [2.75, 3.05) is 126 Å². The first-order valence-electron chi connectivity index (χ1n) is 21.4.